The van der Waals surface area contributed by atoms with E-state index in [-0.39, 0.29) is 18.2 Å². The second kappa shape index (κ2) is 8.38. The molecule has 0 unspecified atom stereocenters. The van der Waals surface area contributed by atoms with E-state index in [0.29, 0.717) is 29.8 Å². The summed E-state index contributed by atoms with van der Waals surface area (Å²) in [4.78, 5) is 13.8. The van der Waals surface area contributed by atoms with Gasteiger partial charge in [0.05, 0.1) is 18.8 Å². The molecule has 1 aromatic heterocycles. The molecule has 1 aliphatic rings. The van der Waals surface area contributed by atoms with Crippen LogP contribution in [0.2, 0.25) is 0 Å². The number of rotatable bonds is 7. The monoisotopic (exact) mass is 318 g/mol. The second-order valence-electron chi connectivity index (χ2n) is 4.98. The van der Waals surface area contributed by atoms with Gasteiger partial charge in [-0.1, -0.05) is 11.8 Å². The number of nitrogens with zero attached hydrogens (tertiary/aromatic N) is 1. The summed E-state index contributed by atoms with van der Waals surface area (Å²) in [5.41, 5.74) is 0. The lowest BCUT2D eigenvalue weighted by molar-refractivity contribution is -0.131. The predicted molar refractivity (Wildman–Crippen MR) is 78.1 cm³/mol. The molecule has 7 heteroatoms. The van der Waals surface area contributed by atoms with Crippen LogP contribution >= 0.6 is 11.8 Å². The van der Waals surface area contributed by atoms with E-state index in [2.05, 4.69) is 5.32 Å². The van der Waals surface area contributed by atoms with Crippen LogP contribution in [0.5, 0.6) is 0 Å². The third-order valence-corrected chi connectivity index (χ3v) is 4.06. The van der Waals surface area contributed by atoms with Gasteiger partial charge < -0.3 is 14.6 Å². The Bertz CT molecular complexity index is 448. The van der Waals surface area contributed by atoms with Crippen molar-refractivity contribution >= 4 is 17.7 Å². The average Bonchev–Trinajstić information content (AvgIpc) is 2.94. The van der Waals surface area contributed by atoms with Crippen molar-refractivity contribution in [2.75, 3.05) is 19.6 Å². The summed E-state index contributed by atoms with van der Waals surface area (Å²) in [6, 6.07) is 3.44. The lowest BCUT2D eigenvalue weighted by Crippen LogP contribution is -2.40. The quantitative estimate of drug-likeness (QED) is 0.840. The molecular weight excluding hydrogens is 298 g/mol. The lowest BCUT2D eigenvalue weighted by Gasteiger charge is -2.26. The van der Waals surface area contributed by atoms with Gasteiger partial charge in [-0.2, -0.15) is 8.78 Å². The molecule has 0 saturated carbocycles. The summed E-state index contributed by atoms with van der Waals surface area (Å²) in [6.07, 6.45) is 3.35. The molecule has 2 rings (SSSR count). The molecule has 0 aliphatic carbocycles. The number of likely N-dealkylation sites (tertiary alicyclic amines) is 1. The van der Waals surface area contributed by atoms with Crippen molar-refractivity contribution in [1.82, 2.24) is 10.2 Å². The van der Waals surface area contributed by atoms with Gasteiger partial charge in [0.2, 0.25) is 5.91 Å². The summed E-state index contributed by atoms with van der Waals surface area (Å²) in [7, 11) is 0. The molecule has 1 amide bonds. The maximum Gasteiger partial charge on any atom is 0.284 e. The largest absolute Gasteiger partial charge is 0.464 e. The molecule has 1 N–H and O–H groups in total. The number of furan rings is 1. The summed E-state index contributed by atoms with van der Waals surface area (Å²) < 4.78 is 29.5. The Morgan fingerprint density at radius 1 is 1.29 bits per heavy atom. The van der Waals surface area contributed by atoms with Crippen LogP contribution in [0.25, 0.3) is 0 Å². The van der Waals surface area contributed by atoms with Crippen LogP contribution in [-0.2, 0) is 17.1 Å². The minimum Gasteiger partial charge on any atom is -0.464 e. The molecule has 0 atom stereocenters. The molecule has 2 heterocycles. The fourth-order valence-electron chi connectivity index (χ4n) is 2.29. The van der Waals surface area contributed by atoms with E-state index in [1.54, 1.807) is 12.1 Å². The molecule has 0 bridgehead atoms. The Morgan fingerprint density at radius 2 is 2.00 bits per heavy atom. The molecule has 1 fully saturated rings. The Balaban J connectivity index is 1.67. The number of amides is 1. The van der Waals surface area contributed by atoms with Gasteiger partial charge in [-0.05, 0) is 31.4 Å². The standard InChI is InChI=1S/C14H20F2N2O2S/c15-14(16)21-10-12-5-4-11(20-12)8-17-9-13(19)18-6-2-1-3-7-18/h4-5,14,17H,1-3,6-10H2. The van der Waals surface area contributed by atoms with Crippen molar-refractivity contribution in [2.24, 2.45) is 0 Å². The van der Waals surface area contributed by atoms with Crippen LogP contribution in [0, 0.1) is 0 Å². The van der Waals surface area contributed by atoms with Gasteiger partial charge in [0.15, 0.2) is 0 Å². The van der Waals surface area contributed by atoms with Gasteiger partial charge in [0, 0.05) is 13.1 Å². The van der Waals surface area contributed by atoms with Gasteiger partial charge in [0.1, 0.15) is 11.5 Å². The summed E-state index contributed by atoms with van der Waals surface area (Å²) in [5.74, 6) is -0.941. The highest BCUT2D eigenvalue weighted by atomic mass is 32.2. The number of halogens is 2. The van der Waals surface area contributed by atoms with Crippen LogP contribution in [-0.4, -0.2) is 36.2 Å². The molecule has 4 nitrogen and oxygen atoms in total. The Morgan fingerprint density at radius 3 is 2.71 bits per heavy atom. The third kappa shape index (κ3) is 5.67. The van der Waals surface area contributed by atoms with Crippen LogP contribution in [0.15, 0.2) is 16.5 Å². The second-order valence-corrected chi connectivity index (χ2v) is 5.96. The zero-order valence-electron chi connectivity index (χ0n) is 11.8. The molecule has 118 valence electrons. The van der Waals surface area contributed by atoms with E-state index < -0.39 is 5.76 Å². The number of nitrogens with one attached hydrogen (secondary N) is 1. The summed E-state index contributed by atoms with van der Waals surface area (Å²) in [6.45, 7) is 2.40. The Kier molecular flexibility index (Phi) is 6.50. The van der Waals surface area contributed by atoms with E-state index in [4.69, 9.17) is 4.42 Å². The van der Waals surface area contributed by atoms with Crippen LogP contribution in [0.1, 0.15) is 30.8 Å². The number of piperidine rings is 1. The highest BCUT2D eigenvalue weighted by molar-refractivity contribution is 7.98. The van der Waals surface area contributed by atoms with Crippen molar-refractivity contribution in [3.8, 4) is 0 Å². The first kappa shape index (κ1) is 16.3. The molecule has 1 aromatic rings. The number of carbonyl (C=O) groups excluding carboxylic acids is 1. The molecule has 1 aliphatic heterocycles. The van der Waals surface area contributed by atoms with Gasteiger partial charge in [0.25, 0.3) is 5.76 Å². The van der Waals surface area contributed by atoms with Crippen molar-refractivity contribution < 1.29 is 18.0 Å². The smallest absolute Gasteiger partial charge is 0.284 e. The highest BCUT2D eigenvalue weighted by Crippen LogP contribution is 2.21. The van der Waals surface area contributed by atoms with Crippen molar-refractivity contribution in [1.29, 1.82) is 0 Å². The molecule has 21 heavy (non-hydrogen) atoms. The molecule has 0 aromatic carbocycles. The van der Waals surface area contributed by atoms with E-state index in [9.17, 15) is 13.6 Å². The number of alkyl halides is 2. The van der Waals surface area contributed by atoms with E-state index in [1.807, 2.05) is 4.90 Å². The van der Waals surface area contributed by atoms with Crippen molar-refractivity contribution in [2.45, 2.75) is 37.3 Å². The Hall–Kier alpha value is -1.08. The van der Waals surface area contributed by atoms with Gasteiger partial charge in [-0.15, -0.1) is 0 Å². The predicted octanol–water partition coefficient (Wildman–Crippen LogP) is 2.84. The topological polar surface area (TPSA) is 45.5 Å². The molecule has 0 radical (unpaired) electrons. The van der Waals surface area contributed by atoms with Crippen LogP contribution < -0.4 is 5.32 Å². The van der Waals surface area contributed by atoms with Crippen molar-refractivity contribution in [3.63, 3.8) is 0 Å². The third-order valence-electron chi connectivity index (χ3n) is 3.35. The molecule has 0 spiro atoms. The van der Waals surface area contributed by atoms with Crippen LogP contribution in [0.4, 0.5) is 8.78 Å². The first-order valence-electron chi connectivity index (χ1n) is 7.11. The fraction of sp³-hybridized carbons (Fsp3) is 0.643. The minimum atomic E-state index is -2.39. The maximum absolute atomic E-state index is 12.1. The number of hydrogen-bond acceptors (Lipinski definition) is 4. The average molecular weight is 318 g/mol. The maximum atomic E-state index is 12.1. The summed E-state index contributed by atoms with van der Waals surface area (Å²) >= 11 is 0.537. The number of thioether (sulfide) groups is 1. The summed E-state index contributed by atoms with van der Waals surface area (Å²) in [5, 5.41) is 3.04. The van der Waals surface area contributed by atoms with E-state index >= 15 is 0 Å². The first-order chi connectivity index (χ1) is 10.1. The molecular formula is C14H20F2N2O2S. The zero-order valence-corrected chi connectivity index (χ0v) is 12.6. The van der Waals surface area contributed by atoms with Crippen LogP contribution in [0.3, 0.4) is 0 Å². The van der Waals surface area contributed by atoms with E-state index in [1.165, 1.54) is 6.42 Å². The fourth-order valence-corrected chi connectivity index (χ4v) is 2.73. The van der Waals surface area contributed by atoms with E-state index in [0.717, 1.165) is 25.9 Å². The molecule has 1 saturated heterocycles. The Labute approximate surface area is 127 Å². The lowest BCUT2D eigenvalue weighted by atomic mass is 10.1. The highest BCUT2D eigenvalue weighted by Gasteiger charge is 2.15. The number of carbonyl (C=O) groups is 1. The zero-order chi connectivity index (χ0) is 15.1. The van der Waals surface area contributed by atoms with Gasteiger partial charge >= 0.3 is 0 Å². The number of hydrogen-bond donors (Lipinski definition) is 1. The normalized spacial score (nSPS) is 15.7. The van der Waals surface area contributed by atoms with Crippen molar-refractivity contribution in [3.05, 3.63) is 23.7 Å². The minimum absolute atomic E-state index is 0.106. The SMILES string of the molecule is O=C(CNCc1ccc(CSC(F)F)o1)N1CCCCC1. The van der Waals surface area contributed by atoms with Gasteiger partial charge in [-0.25, -0.2) is 0 Å². The first-order valence-corrected chi connectivity index (χ1v) is 8.16. The van der Waals surface area contributed by atoms with Gasteiger partial charge in [-0.3, -0.25) is 4.79 Å².